The first-order valence-corrected chi connectivity index (χ1v) is 11.3. The highest BCUT2D eigenvalue weighted by molar-refractivity contribution is 9.10. The van der Waals surface area contributed by atoms with Gasteiger partial charge in [0.05, 0.1) is 6.26 Å². The number of ether oxygens (including phenoxy) is 1. The second-order valence-electron chi connectivity index (χ2n) is 8.07. The monoisotopic (exact) mass is 493 g/mol. The van der Waals surface area contributed by atoms with Crippen molar-refractivity contribution in [2.24, 2.45) is 0 Å². The predicted octanol–water partition coefficient (Wildman–Crippen LogP) is 7.26. The Kier molecular flexibility index (Phi) is 5.70. The summed E-state index contributed by atoms with van der Waals surface area (Å²) in [6.07, 6.45) is 4.02. The van der Waals surface area contributed by atoms with Crippen LogP contribution < -0.4 is 5.32 Å². The minimum Gasteiger partial charge on any atom is -0.467 e. The van der Waals surface area contributed by atoms with Gasteiger partial charge in [-0.25, -0.2) is 4.39 Å². The number of carbonyl (C=O) groups excluding carboxylic acids is 1. The molecule has 6 heteroatoms. The van der Waals surface area contributed by atoms with Crippen LogP contribution in [0.15, 0.2) is 75.8 Å². The summed E-state index contributed by atoms with van der Waals surface area (Å²) in [5.41, 5.74) is 5.80. The number of benzene rings is 3. The summed E-state index contributed by atoms with van der Waals surface area (Å²) in [6, 6.07) is 18.5. The van der Waals surface area contributed by atoms with E-state index in [2.05, 4.69) is 27.3 Å². The van der Waals surface area contributed by atoms with Gasteiger partial charge >= 0.3 is 0 Å². The Morgan fingerprint density at radius 2 is 1.97 bits per heavy atom. The van der Waals surface area contributed by atoms with Crippen molar-refractivity contribution in [3.8, 4) is 0 Å². The maximum Gasteiger partial charge on any atom is 0.293 e. The van der Waals surface area contributed by atoms with Crippen LogP contribution in [0, 0.1) is 5.82 Å². The Morgan fingerprint density at radius 1 is 1.16 bits per heavy atom. The van der Waals surface area contributed by atoms with E-state index >= 15 is 0 Å². The Labute approximate surface area is 193 Å². The molecule has 162 valence electrons. The molecule has 0 saturated heterocycles. The molecule has 3 aromatic carbocycles. The van der Waals surface area contributed by atoms with Gasteiger partial charge in [0.15, 0.2) is 0 Å². The molecule has 0 aliphatic heterocycles. The summed E-state index contributed by atoms with van der Waals surface area (Å²) in [5.74, 6) is -0.0505. The van der Waals surface area contributed by atoms with Crippen LogP contribution in [0.3, 0.4) is 0 Å². The normalized spacial score (nSPS) is 14.3. The topological polar surface area (TPSA) is 51.5 Å². The van der Waals surface area contributed by atoms with Crippen molar-refractivity contribution in [2.45, 2.75) is 24.7 Å². The molecule has 4 aromatic rings. The molecule has 1 fully saturated rings. The number of anilines is 2. The van der Waals surface area contributed by atoms with Crippen LogP contribution in [0.1, 0.15) is 41.4 Å². The van der Waals surface area contributed by atoms with Crippen molar-refractivity contribution in [2.75, 3.05) is 11.9 Å². The summed E-state index contributed by atoms with van der Waals surface area (Å²) >= 11 is 3.52. The number of hydrogen-bond donors (Lipinski definition) is 1. The minimum atomic E-state index is -0.305. The van der Waals surface area contributed by atoms with Crippen molar-refractivity contribution in [1.29, 1.82) is 0 Å². The molecule has 4 nitrogen and oxygen atoms in total. The molecule has 5 rings (SSSR count). The average molecular weight is 494 g/mol. The van der Waals surface area contributed by atoms with E-state index in [1.807, 2.05) is 30.3 Å². The lowest BCUT2D eigenvalue weighted by Crippen LogP contribution is -2.09. The number of furan rings is 1. The average Bonchev–Trinajstić information content (AvgIpc) is 3.55. The standard InChI is InChI=1S/C26H21BrFNO3/c27-18-2-1-3-20(10-18)29-25-12-26-22(11-21(25)16-4-5-16)24(14-32-26)23(13-31-15-30)17-6-8-19(28)9-7-17/h1-3,6-12,14-16,23,29H,4-5,13H2. The van der Waals surface area contributed by atoms with Crippen molar-refractivity contribution in [3.05, 3.63) is 93.9 Å². The number of halogens is 2. The number of carbonyl (C=O) groups is 1. The first kappa shape index (κ1) is 20.8. The fourth-order valence-electron chi connectivity index (χ4n) is 4.14. The van der Waals surface area contributed by atoms with Crippen LogP contribution in [0.4, 0.5) is 15.8 Å². The van der Waals surface area contributed by atoms with E-state index in [9.17, 15) is 9.18 Å². The van der Waals surface area contributed by atoms with Gasteiger partial charge in [-0.3, -0.25) is 4.79 Å². The van der Waals surface area contributed by atoms with E-state index in [-0.39, 0.29) is 18.3 Å². The number of nitrogens with one attached hydrogen (secondary N) is 1. The second-order valence-corrected chi connectivity index (χ2v) is 8.99. The van der Waals surface area contributed by atoms with Crippen molar-refractivity contribution >= 4 is 44.7 Å². The van der Waals surface area contributed by atoms with E-state index < -0.39 is 0 Å². The predicted molar refractivity (Wildman–Crippen MR) is 126 cm³/mol. The Hall–Kier alpha value is -3.12. The van der Waals surface area contributed by atoms with Crippen LogP contribution in [0.2, 0.25) is 0 Å². The summed E-state index contributed by atoms with van der Waals surface area (Å²) in [7, 11) is 0. The molecule has 0 bridgehead atoms. The molecule has 1 unspecified atom stereocenters. The lowest BCUT2D eigenvalue weighted by atomic mass is 9.90. The van der Waals surface area contributed by atoms with Crippen molar-refractivity contribution in [1.82, 2.24) is 0 Å². The first-order valence-electron chi connectivity index (χ1n) is 10.5. The highest BCUT2D eigenvalue weighted by Gasteiger charge is 2.29. The van der Waals surface area contributed by atoms with Crippen molar-refractivity contribution in [3.63, 3.8) is 0 Å². The van der Waals surface area contributed by atoms with E-state index in [0.29, 0.717) is 12.4 Å². The van der Waals surface area contributed by atoms with Crippen LogP contribution in [-0.2, 0) is 9.53 Å². The number of fused-ring (bicyclic) bond motifs is 1. The lowest BCUT2D eigenvalue weighted by Gasteiger charge is -2.17. The molecule has 1 N–H and O–H groups in total. The highest BCUT2D eigenvalue weighted by Crippen LogP contribution is 2.47. The molecule has 0 radical (unpaired) electrons. The molecule has 32 heavy (non-hydrogen) atoms. The van der Waals surface area contributed by atoms with Crippen LogP contribution in [-0.4, -0.2) is 13.1 Å². The van der Waals surface area contributed by atoms with Gasteiger partial charge in [0, 0.05) is 38.8 Å². The Balaban J connectivity index is 1.57. The van der Waals surface area contributed by atoms with Crippen molar-refractivity contribution < 1.29 is 18.3 Å². The zero-order valence-electron chi connectivity index (χ0n) is 17.2. The SMILES string of the molecule is O=COCC(c1ccc(F)cc1)c1coc2cc(Nc3cccc(Br)c3)c(C3CC3)cc12. The molecule has 1 heterocycles. The molecule has 1 aromatic heterocycles. The summed E-state index contributed by atoms with van der Waals surface area (Å²) in [6.45, 7) is 0.592. The molecule has 1 aliphatic rings. The van der Waals surface area contributed by atoms with Gasteiger partial charge in [0.2, 0.25) is 0 Å². The maximum atomic E-state index is 13.5. The number of hydrogen-bond acceptors (Lipinski definition) is 4. The quantitative estimate of drug-likeness (QED) is 0.262. The molecule has 0 amide bonds. The Bertz CT molecular complexity index is 1260. The zero-order valence-corrected chi connectivity index (χ0v) is 18.8. The summed E-state index contributed by atoms with van der Waals surface area (Å²) in [4.78, 5) is 10.9. The van der Waals surface area contributed by atoms with Crippen LogP contribution in [0.5, 0.6) is 0 Å². The van der Waals surface area contributed by atoms with Gasteiger partial charge in [-0.2, -0.15) is 0 Å². The summed E-state index contributed by atoms with van der Waals surface area (Å²) in [5, 5.41) is 4.52. The molecule has 1 aliphatic carbocycles. The van der Waals surface area contributed by atoms with E-state index in [4.69, 9.17) is 9.15 Å². The molecule has 0 spiro atoms. The second kappa shape index (κ2) is 8.79. The van der Waals surface area contributed by atoms with Gasteiger partial charge in [-0.15, -0.1) is 0 Å². The third-order valence-electron chi connectivity index (χ3n) is 5.88. The van der Waals surface area contributed by atoms with Crippen LogP contribution >= 0.6 is 15.9 Å². The first-order chi connectivity index (χ1) is 15.6. The third kappa shape index (κ3) is 4.28. The van der Waals surface area contributed by atoms with Gasteiger partial charge in [-0.05, 0) is 66.3 Å². The largest absolute Gasteiger partial charge is 0.467 e. The smallest absolute Gasteiger partial charge is 0.293 e. The molecular weight excluding hydrogens is 473 g/mol. The van der Waals surface area contributed by atoms with Crippen LogP contribution in [0.25, 0.3) is 11.0 Å². The zero-order chi connectivity index (χ0) is 22.1. The van der Waals surface area contributed by atoms with Gasteiger partial charge in [0.25, 0.3) is 6.47 Å². The summed E-state index contributed by atoms with van der Waals surface area (Å²) < 4.78 is 25.6. The lowest BCUT2D eigenvalue weighted by molar-refractivity contribution is -0.128. The molecule has 1 saturated carbocycles. The third-order valence-corrected chi connectivity index (χ3v) is 6.37. The van der Waals surface area contributed by atoms with E-state index in [1.165, 1.54) is 17.7 Å². The number of rotatable bonds is 8. The highest BCUT2D eigenvalue weighted by atomic mass is 79.9. The fourth-order valence-corrected chi connectivity index (χ4v) is 4.54. The Morgan fingerprint density at radius 3 is 2.69 bits per heavy atom. The van der Waals surface area contributed by atoms with E-state index in [0.717, 1.165) is 50.8 Å². The van der Waals surface area contributed by atoms with E-state index in [1.54, 1.807) is 18.4 Å². The minimum absolute atomic E-state index is 0.153. The molecular formula is C26H21BrFNO3. The maximum absolute atomic E-state index is 13.5. The fraction of sp³-hybridized carbons (Fsp3) is 0.192. The van der Waals surface area contributed by atoms with Gasteiger partial charge in [-0.1, -0.05) is 34.1 Å². The van der Waals surface area contributed by atoms with Gasteiger partial charge in [0.1, 0.15) is 18.0 Å². The van der Waals surface area contributed by atoms with Gasteiger partial charge < -0.3 is 14.5 Å². The molecule has 1 atom stereocenters.